The number of benzene rings is 1. The fourth-order valence-electron chi connectivity index (χ4n) is 4.03. The summed E-state index contributed by atoms with van der Waals surface area (Å²) in [4.78, 5) is 19.6. The molecule has 5 heteroatoms. The minimum atomic E-state index is 0.123. The summed E-state index contributed by atoms with van der Waals surface area (Å²) in [5, 5.41) is 0. The van der Waals surface area contributed by atoms with E-state index in [1.807, 2.05) is 41.4 Å². The fraction of sp³-hybridized carbons (Fsp3) is 0.455. The van der Waals surface area contributed by atoms with Gasteiger partial charge in [-0.05, 0) is 30.5 Å². The van der Waals surface area contributed by atoms with Gasteiger partial charge in [-0.3, -0.25) is 9.78 Å². The lowest BCUT2D eigenvalue weighted by Crippen LogP contribution is -2.35. The van der Waals surface area contributed by atoms with Crippen molar-refractivity contribution in [3.8, 4) is 11.5 Å². The van der Waals surface area contributed by atoms with Crippen LogP contribution in [0.1, 0.15) is 49.7 Å². The first-order chi connectivity index (χ1) is 13.3. The summed E-state index contributed by atoms with van der Waals surface area (Å²) in [5.74, 6) is 1.90. The molecule has 1 amide bonds. The van der Waals surface area contributed by atoms with E-state index in [-0.39, 0.29) is 18.6 Å². The van der Waals surface area contributed by atoms with Crippen LogP contribution in [-0.4, -0.2) is 22.6 Å². The first-order valence-electron chi connectivity index (χ1n) is 9.86. The molecular weight excluding hydrogens is 340 g/mol. The van der Waals surface area contributed by atoms with Crippen molar-refractivity contribution in [2.24, 2.45) is 5.92 Å². The number of hydrogen-bond donors (Lipinski definition) is 0. The average molecular weight is 366 g/mol. The van der Waals surface area contributed by atoms with E-state index in [4.69, 9.17) is 9.47 Å². The molecule has 5 nitrogen and oxygen atoms in total. The lowest BCUT2D eigenvalue weighted by Gasteiger charge is -2.27. The van der Waals surface area contributed by atoms with Gasteiger partial charge in [0.2, 0.25) is 12.7 Å². The molecule has 1 fully saturated rings. The van der Waals surface area contributed by atoms with Gasteiger partial charge in [-0.25, -0.2) is 0 Å². The van der Waals surface area contributed by atoms with Crippen LogP contribution in [0.15, 0.2) is 42.7 Å². The highest BCUT2D eigenvalue weighted by atomic mass is 16.7. The van der Waals surface area contributed by atoms with Crippen molar-refractivity contribution in [2.75, 3.05) is 6.79 Å². The molecule has 2 aliphatic rings. The van der Waals surface area contributed by atoms with Gasteiger partial charge in [0.05, 0.1) is 0 Å². The number of pyridine rings is 1. The van der Waals surface area contributed by atoms with Crippen LogP contribution in [0.4, 0.5) is 0 Å². The number of carbonyl (C=O) groups excluding carboxylic acids is 1. The normalized spacial score (nSPS) is 16.7. The zero-order valence-corrected chi connectivity index (χ0v) is 15.6. The van der Waals surface area contributed by atoms with Crippen LogP contribution < -0.4 is 9.47 Å². The van der Waals surface area contributed by atoms with Crippen molar-refractivity contribution in [3.63, 3.8) is 0 Å². The van der Waals surface area contributed by atoms with Gasteiger partial charge in [0.1, 0.15) is 0 Å². The molecule has 0 atom stereocenters. The lowest BCUT2D eigenvalue weighted by molar-refractivity contribution is -0.137. The summed E-state index contributed by atoms with van der Waals surface area (Å²) >= 11 is 0. The molecule has 0 spiro atoms. The average Bonchev–Trinajstić information content (AvgIpc) is 3.02. The monoisotopic (exact) mass is 366 g/mol. The summed E-state index contributed by atoms with van der Waals surface area (Å²) in [6.07, 6.45) is 10.4. The van der Waals surface area contributed by atoms with Crippen LogP contribution in [0.3, 0.4) is 0 Å². The maximum atomic E-state index is 13.4. The van der Waals surface area contributed by atoms with E-state index in [0.717, 1.165) is 48.3 Å². The summed E-state index contributed by atoms with van der Waals surface area (Å²) in [6, 6.07) is 9.83. The minimum absolute atomic E-state index is 0.123. The van der Waals surface area contributed by atoms with Gasteiger partial charge in [-0.2, -0.15) is 0 Å². The standard InChI is InChI=1S/C22H26N2O3/c25-22(18-8-3-1-2-4-9-18)24(14-17-7-6-12-23-13-17)15-19-10-5-11-20-21(19)27-16-26-20/h5-7,10-13,18H,1-4,8-9,14-16H2. The predicted molar refractivity (Wildman–Crippen MR) is 102 cm³/mol. The fourth-order valence-corrected chi connectivity index (χ4v) is 4.03. The number of carbonyl (C=O) groups is 1. The van der Waals surface area contributed by atoms with Gasteiger partial charge >= 0.3 is 0 Å². The Morgan fingerprint density at radius 2 is 1.89 bits per heavy atom. The third-order valence-electron chi connectivity index (χ3n) is 5.45. The number of rotatable bonds is 5. The van der Waals surface area contributed by atoms with Crippen LogP contribution >= 0.6 is 0 Å². The number of nitrogens with zero attached hydrogens (tertiary/aromatic N) is 2. The first-order valence-corrected chi connectivity index (χ1v) is 9.86. The Labute approximate surface area is 160 Å². The molecular formula is C22H26N2O3. The van der Waals surface area contributed by atoms with Gasteiger partial charge in [0.15, 0.2) is 11.5 Å². The third-order valence-corrected chi connectivity index (χ3v) is 5.45. The minimum Gasteiger partial charge on any atom is -0.454 e. The Kier molecular flexibility index (Phi) is 5.56. The molecule has 2 heterocycles. The lowest BCUT2D eigenvalue weighted by atomic mass is 9.98. The Bertz CT molecular complexity index is 770. The van der Waals surface area contributed by atoms with E-state index in [1.165, 1.54) is 12.8 Å². The third kappa shape index (κ3) is 4.24. The summed E-state index contributed by atoms with van der Waals surface area (Å²) < 4.78 is 11.1. The maximum absolute atomic E-state index is 13.4. The highest BCUT2D eigenvalue weighted by Gasteiger charge is 2.27. The first kappa shape index (κ1) is 17.8. The summed E-state index contributed by atoms with van der Waals surface area (Å²) in [7, 11) is 0. The zero-order valence-electron chi connectivity index (χ0n) is 15.6. The van der Waals surface area contributed by atoms with E-state index in [9.17, 15) is 4.79 Å². The summed E-state index contributed by atoms with van der Waals surface area (Å²) in [5.41, 5.74) is 2.04. The largest absolute Gasteiger partial charge is 0.454 e. The molecule has 0 bridgehead atoms. The van der Waals surface area contributed by atoms with Crippen LogP contribution in [0.2, 0.25) is 0 Å². The number of ether oxygens (including phenoxy) is 2. The van der Waals surface area contributed by atoms with Crippen molar-refractivity contribution in [1.82, 2.24) is 9.88 Å². The van der Waals surface area contributed by atoms with E-state index >= 15 is 0 Å². The Balaban J connectivity index is 1.57. The molecule has 1 aromatic carbocycles. The molecule has 2 aromatic rings. The van der Waals surface area contributed by atoms with E-state index in [0.29, 0.717) is 13.1 Å². The number of amides is 1. The predicted octanol–water partition coefficient (Wildman–Crippen LogP) is 4.31. The van der Waals surface area contributed by atoms with E-state index < -0.39 is 0 Å². The molecule has 142 valence electrons. The van der Waals surface area contributed by atoms with Crippen molar-refractivity contribution >= 4 is 5.91 Å². The Morgan fingerprint density at radius 3 is 2.67 bits per heavy atom. The maximum Gasteiger partial charge on any atom is 0.231 e. The molecule has 0 unspecified atom stereocenters. The van der Waals surface area contributed by atoms with Gasteiger partial charge in [-0.1, -0.05) is 43.9 Å². The second-order valence-corrected chi connectivity index (χ2v) is 7.39. The molecule has 27 heavy (non-hydrogen) atoms. The molecule has 0 N–H and O–H groups in total. The number of fused-ring (bicyclic) bond motifs is 1. The van der Waals surface area contributed by atoms with Crippen molar-refractivity contribution < 1.29 is 14.3 Å². The van der Waals surface area contributed by atoms with Crippen LogP contribution in [0.5, 0.6) is 11.5 Å². The van der Waals surface area contributed by atoms with Crippen LogP contribution in [-0.2, 0) is 17.9 Å². The summed E-state index contributed by atoms with van der Waals surface area (Å²) in [6.45, 7) is 1.33. The van der Waals surface area contributed by atoms with Crippen LogP contribution in [0, 0.1) is 5.92 Å². The smallest absolute Gasteiger partial charge is 0.231 e. The quantitative estimate of drug-likeness (QED) is 0.740. The molecule has 1 aromatic heterocycles. The van der Waals surface area contributed by atoms with E-state index in [2.05, 4.69) is 4.98 Å². The van der Waals surface area contributed by atoms with Gasteiger partial charge in [0, 0.05) is 37.0 Å². The second kappa shape index (κ2) is 8.42. The van der Waals surface area contributed by atoms with Crippen molar-refractivity contribution in [1.29, 1.82) is 0 Å². The van der Waals surface area contributed by atoms with Gasteiger partial charge < -0.3 is 14.4 Å². The Hall–Kier alpha value is -2.56. The molecule has 1 aliphatic carbocycles. The number of aromatic nitrogens is 1. The van der Waals surface area contributed by atoms with Gasteiger partial charge in [0.25, 0.3) is 0 Å². The molecule has 0 radical (unpaired) electrons. The number of hydrogen-bond acceptors (Lipinski definition) is 4. The van der Waals surface area contributed by atoms with Gasteiger partial charge in [-0.15, -0.1) is 0 Å². The molecule has 4 rings (SSSR count). The zero-order chi connectivity index (χ0) is 18.5. The highest BCUT2D eigenvalue weighted by Crippen LogP contribution is 2.36. The topological polar surface area (TPSA) is 51.7 Å². The van der Waals surface area contributed by atoms with Crippen LogP contribution in [0.25, 0.3) is 0 Å². The molecule has 1 saturated carbocycles. The number of para-hydroxylation sites is 1. The Morgan fingerprint density at radius 1 is 1.04 bits per heavy atom. The van der Waals surface area contributed by atoms with E-state index in [1.54, 1.807) is 6.20 Å². The highest BCUT2D eigenvalue weighted by molar-refractivity contribution is 5.79. The SMILES string of the molecule is O=C(C1CCCCCC1)N(Cc1cccnc1)Cc1cccc2c1OCO2. The van der Waals surface area contributed by atoms with Crippen molar-refractivity contribution in [3.05, 3.63) is 53.9 Å². The molecule has 1 aliphatic heterocycles. The molecule has 0 saturated heterocycles. The second-order valence-electron chi connectivity index (χ2n) is 7.39. The van der Waals surface area contributed by atoms with Crippen molar-refractivity contribution in [2.45, 2.75) is 51.6 Å².